The van der Waals surface area contributed by atoms with Gasteiger partial charge in [0.1, 0.15) is 12.1 Å². The average molecular weight is 848 g/mol. The molecule has 4 N–H and O–H groups in total. The molecule has 0 spiro atoms. The summed E-state index contributed by atoms with van der Waals surface area (Å²) >= 11 is 0. The summed E-state index contributed by atoms with van der Waals surface area (Å²) in [6.45, 7) is 19.0. The molecule has 1 aliphatic rings. The minimum Gasteiger partial charge on any atom is -0.432 e. The quantitative estimate of drug-likeness (QED) is 0.117. The molecule has 1 aromatic rings. The summed E-state index contributed by atoms with van der Waals surface area (Å²) in [5, 5.41) is 16.8. The van der Waals surface area contributed by atoms with Gasteiger partial charge in [0.05, 0.1) is 48.8 Å². The molecule has 1 aliphatic heterocycles. The van der Waals surface area contributed by atoms with Gasteiger partial charge in [-0.25, -0.2) is 0 Å². The van der Waals surface area contributed by atoms with Crippen molar-refractivity contribution >= 4 is 37.9 Å². The number of hydrogen-bond donors (Lipinski definition) is 4. The van der Waals surface area contributed by atoms with E-state index in [0.29, 0.717) is 31.0 Å². The fourth-order valence-corrected chi connectivity index (χ4v) is 9.15. The maximum atomic E-state index is 14.5. The van der Waals surface area contributed by atoms with Crippen LogP contribution in [0.2, 0.25) is 19.1 Å². The third kappa shape index (κ3) is 14.4. The van der Waals surface area contributed by atoms with Crippen LogP contribution in [0.5, 0.6) is 0 Å². The molecule has 0 aliphatic carbocycles. The topological polar surface area (TPSA) is 178 Å². The number of aliphatic hydroxyl groups is 1. The van der Waals surface area contributed by atoms with Gasteiger partial charge in [-0.05, 0) is 62.2 Å². The first kappa shape index (κ1) is 51.8. The molecule has 59 heavy (non-hydrogen) atoms. The van der Waals surface area contributed by atoms with Crippen LogP contribution in [-0.2, 0) is 33.4 Å². The van der Waals surface area contributed by atoms with Gasteiger partial charge in [0, 0.05) is 41.3 Å². The molecule has 5 amide bonds. The number of nitrogens with zero attached hydrogens (tertiary/aromatic N) is 3. The molecule has 10 atom stereocenters. The van der Waals surface area contributed by atoms with E-state index in [9.17, 15) is 33.9 Å². The highest BCUT2D eigenvalue weighted by Gasteiger charge is 2.43. The van der Waals surface area contributed by atoms with Gasteiger partial charge in [-0.3, -0.25) is 24.0 Å². The summed E-state index contributed by atoms with van der Waals surface area (Å²) in [6.07, 6.45) is -0.0313. The van der Waals surface area contributed by atoms with Crippen LogP contribution in [0.25, 0.3) is 0 Å². The van der Waals surface area contributed by atoms with Crippen molar-refractivity contribution in [2.24, 2.45) is 23.7 Å². The standard InChI is InChI=1S/C44H77N5O9Si/c1-15-29(6)39(48(10)44(55)37(27(2)3)46-43(54)38(28(4)5)47(9)35(50)23-25-59(13,14)56)34(57-11)26-36(51)49-24-19-22-33(49)41(58-12)30(7)42(53)45-31(8)40(52)32-20-17-16-18-21-32/h16-18,20-21,27-31,33-34,37-41,52,56H,15,19,22-26H2,1-14H3,(H,45,53)(H,46,54)/t29-,30+,31+,33-,34+,37-,38-,39-,40+,41-/m0/s1. The zero-order valence-electron chi connectivity index (χ0n) is 38.4. The van der Waals surface area contributed by atoms with Crippen LogP contribution in [0, 0.1) is 23.7 Å². The molecule has 0 saturated carbocycles. The van der Waals surface area contributed by atoms with Crippen LogP contribution < -0.4 is 10.6 Å². The van der Waals surface area contributed by atoms with E-state index < -0.39 is 62.6 Å². The van der Waals surface area contributed by atoms with Gasteiger partial charge >= 0.3 is 0 Å². The second-order valence-corrected chi connectivity index (χ2v) is 22.1. The van der Waals surface area contributed by atoms with Gasteiger partial charge in [-0.1, -0.05) is 85.2 Å². The minimum atomic E-state index is -2.47. The van der Waals surface area contributed by atoms with Crippen LogP contribution >= 0.6 is 0 Å². The predicted octanol–water partition coefficient (Wildman–Crippen LogP) is 4.36. The summed E-state index contributed by atoms with van der Waals surface area (Å²) in [7, 11) is 3.87. The number of ether oxygens (including phenoxy) is 2. The number of rotatable bonds is 23. The van der Waals surface area contributed by atoms with Gasteiger partial charge in [0.15, 0.2) is 8.32 Å². The largest absolute Gasteiger partial charge is 0.432 e. The van der Waals surface area contributed by atoms with E-state index in [4.69, 9.17) is 9.47 Å². The Morgan fingerprint density at radius 3 is 2.02 bits per heavy atom. The SMILES string of the molecule is CC[C@H](C)[C@@H]([C@@H](CC(=O)N1CCC[C@H]1[C@@H](OC)[C@@H](C)C(=O)N[C@H](C)[C@@H](O)c1ccccc1)OC)N(C)C(=O)[C@@H](NC(=O)[C@H](C(C)C)N(C)C(=O)CC[Si](C)(C)O)C(C)C. The lowest BCUT2D eigenvalue weighted by atomic mass is 9.89. The second kappa shape index (κ2) is 23.6. The first-order chi connectivity index (χ1) is 27.5. The number of hydrogen-bond acceptors (Lipinski definition) is 9. The number of benzene rings is 1. The molecule has 14 nitrogen and oxygen atoms in total. The Morgan fingerprint density at radius 2 is 1.51 bits per heavy atom. The van der Waals surface area contributed by atoms with Crippen molar-refractivity contribution in [1.82, 2.24) is 25.3 Å². The van der Waals surface area contributed by atoms with Gasteiger partial charge in [0.2, 0.25) is 29.5 Å². The first-order valence-electron chi connectivity index (χ1n) is 21.5. The maximum Gasteiger partial charge on any atom is 0.245 e. The molecule has 1 aromatic carbocycles. The third-order valence-corrected chi connectivity index (χ3v) is 13.6. The van der Waals surface area contributed by atoms with Crippen molar-refractivity contribution in [3.63, 3.8) is 0 Å². The van der Waals surface area contributed by atoms with Crippen LogP contribution in [0.15, 0.2) is 30.3 Å². The van der Waals surface area contributed by atoms with Crippen molar-refractivity contribution in [2.75, 3.05) is 34.9 Å². The number of amides is 5. The Bertz CT molecular complexity index is 1510. The van der Waals surface area contributed by atoms with E-state index in [0.717, 1.165) is 6.42 Å². The lowest BCUT2D eigenvalue weighted by Gasteiger charge is -2.41. The molecule has 15 heteroatoms. The molecule has 0 aromatic heterocycles. The number of likely N-dealkylation sites (tertiary alicyclic amines) is 1. The molecule has 1 saturated heterocycles. The monoisotopic (exact) mass is 848 g/mol. The average Bonchev–Trinajstić information content (AvgIpc) is 3.67. The number of likely N-dealkylation sites (N-methyl/N-ethyl adjacent to an activating group) is 2. The normalized spacial score (nSPS) is 19.2. The van der Waals surface area contributed by atoms with Crippen LogP contribution in [-0.4, -0.2) is 140 Å². The molecule has 2 rings (SSSR count). The summed E-state index contributed by atoms with van der Waals surface area (Å²) in [4.78, 5) is 84.4. The van der Waals surface area contributed by atoms with Gasteiger partial charge in [-0.2, -0.15) is 0 Å². The molecular weight excluding hydrogens is 771 g/mol. The molecular formula is C44H77N5O9Si. The lowest BCUT2D eigenvalue weighted by molar-refractivity contribution is -0.148. The fraction of sp³-hybridized carbons (Fsp3) is 0.750. The number of carbonyl (C=O) groups excluding carboxylic acids is 5. The van der Waals surface area contributed by atoms with E-state index >= 15 is 0 Å². The molecule has 1 fully saturated rings. The smallest absolute Gasteiger partial charge is 0.245 e. The van der Waals surface area contributed by atoms with Crippen molar-refractivity contribution in [1.29, 1.82) is 0 Å². The molecule has 0 unspecified atom stereocenters. The Kier molecular flexibility index (Phi) is 20.7. The summed E-state index contributed by atoms with van der Waals surface area (Å²) in [5.41, 5.74) is 0.695. The van der Waals surface area contributed by atoms with Gasteiger partial charge < -0.3 is 44.7 Å². The van der Waals surface area contributed by atoms with Crippen molar-refractivity contribution < 1.29 is 43.3 Å². The Hall–Kier alpha value is -3.37. The summed E-state index contributed by atoms with van der Waals surface area (Å²) in [6, 6.07) is 6.30. The zero-order chi connectivity index (χ0) is 44.9. The number of nitrogens with one attached hydrogen (secondary N) is 2. The number of methoxy groups -OCH3 is 2. The van der Waals surface area contributed by atoms with Gasteiger partial charge in [-0.15, -0.1) is 0 Å². The molecule has 0 bridgehead atoms. The Labute approximate surface area is 355 Å². The van der Waals surface area contributed by atoms with E-state index in [2.05, 4.69) is 10.6 Å². The van der Waals surface area contributed by atoms with E-state index in [-0.39, 0.29) is 60.3 Å². The Morgan fingerprint density at radius 1 is 0.898 bits per heavy atom. The highest BCUT2D eigenvalue weighted by molar-refractivity contribution is 6.69. The summed E-state index contributed by atoms with van der Waals surface area (Å²) < 4.78 is 12.0. The van der Waals surface area contributed by atoms with E-state index in [1.54, 1.807) is 50.8 Å². The van der Waals surface area contributed by atoms with Gasteiger partial charge in [0.25, 0.3) is 0 Å². The zero-order valence-corrected chi connectivity index (χ0v) is 39.4. The van der Waals surface area contributed by atoms with Crippen molar-refractivity contribution in [3.05, 3.63) is 35.9 Å². The van der Waals surface area contributed by atoms with Crippen LogP contribution in [0.3, 0.4) is 0 Å². The molecule has 1 heterocycles. The lowest BCUT2D eigenvalue weighted by Crippen LogP contribution is -2.60. The van der Waals surface area contributed by atoms with E-state index in [1.807, 2.05) is 71.9 Å². The second-order valence-electron chi connectivity index (χ2n) is 18.0. The van der Waals surface area contributed by atoms with E-state index in [1.165, 1.54) is 19.1 Å². The highest BCUT2D eigenvalue weighted by atomic mass is 28.4. The molecule has 336 valence electrons. The minimum absolute atomic E-state index is 0.0223. The van der Waals surface area contributed by atoms with Crippen molar-refractivity contribution in [2.45, 2.75) is 155 Å². The third-order valence-electron chi connectivity index (χ3n) is 12.1. The summed E-state index contributed by atoms with van der Waals surface area (Å²) in [5.74, 6) is -2.75. The molecule has 0 radical (unpaired) electrons. The van der Waals surface area contributed by atoms with Crippen molar-refractivity contribution in [3.8, 4) is 0 Å². The Balaban J connectivity index is 2.27. The number of carbonyl (C=O) groups is 5. The predicted molar refractivity (Wildman–Crippen MR) is 232 cm³/mol. The van der Waals surface area contributed by atoms with Crippen LogP contribution in [0.1, 0.15) is 99.2 Å². The van der Waals surface area contributed by atoms with Crippen LogP contribution in [0.4, 0.5) is 0 Å². The highest BCUT2D eigenvalue weighted by Crippen LogP contribution is 2.30. The fourth-order valence-electron chi connectivity index (χ4n) is 8.32. The number of aliphatic hydroxyl groups excluding tert-OH is 1. The first-order valence-corrected chi connectivity index (χ1v) is 24.6. The maximum absolute atomic E-state index is 14.5.